The summed E-state index contributed by atoms with van der Waals surface area (Å²) in [6.07, 6.45) is 1.75. The second-order valence-corrected chi connectivity index (χ2v) is 15.6. The number of sulfonamides is 1. The lowest BCUT2D eigenvalue weighted by Crippen LogP contribution is -2.53. The van der Waals surface area contributed by atoms with Gasteiger partial charge in [-0.3, -0.25) is 18.9 Å². The van der Waals surface area contributed by atoms with Gasteiger partial charge in [0.25, 0.3) is 0 Å². The number of aliphatic hydroxyl groups excluding tert-OH is 1. The molecule has 0 saturated carbocycles. The summed E-state index contributed by atoms with van der Waals surface area (Å²) >= 11 is 0. The molecule has 2 aromatic heterocycles. The summed E-state index contributed by atoms with van der Waals surface area (Å²) in [5.41, 5.74) is 1.75. The number of benzene rings is 3. The highest BCUT2D eigenvalue weighted by molar-refractivity contribution is 7.89. The van der Waals surface area contributed by atoms with Gasteiger partial charge in [0.05, 0.1) is 42.4 Å². The zero-order chi connectivity index (χ0) is 37.6. The number of amides is 1. The third-order valence-corrected chi connectivity index (χ3v) is 10.8. The van der Waals surface area contributed by atoms with Crippen molar-refractivity contribution in [3.05, 3.63) is 119 Å². The van der Waals surface area contributed by atoms with E-state index in [1.54, 1.807) is 38.2 Å². The molecule has 3 aromatic carbocycles. The average Bonchev–Trinajstić information content (AvgIpc) is 3.39. The number of imidazole rings is 1. The van der Waals surface area contributed by atoms with E-state index >= 15 is 0 Å². The van der Waals surface area contributed by atoms with Crippen LogP contribution in [0.1, 0.15) is 44.9 Å². The molecule has 5 aromatic rings. The van der Waals surface area contributed by atoms with Gasteiger partial charge in [0.1, 0.15) is 11.8 Å². The van der Waals surface area contributed by atoms with Crippen LogP contribution in [0.5, 0.6) is 11.6 Å². The maximum atomic E-state index is 14.2. The van der Waals surface area contributed by atoms with Crippen LogP contribution in [0.2, 0.25) is 0 Å². The number of rotatable bonds is 16. The van der Waals surface area contributed by atoms with Crippen molar-refractivity contribution in [1.29, 1.82) is 0 Å². The fourth-order valence-electron chi connectivity index (χ4n) is 6.38. The Bertz CT molecular complexity index is 2120. The molecule has 0 aliphatic heterocycles. The molecule has 0 bridgehead atoms. The normalized spacial score (nSPS) is 13.8. The second kappa shape index (κ2) is 16.6. The van der Waals surface area contributed by atoms with Crippen LogP contribution in [-0.2, 0) is 27.8 Å². The molecule has 12 nitrogen and oxygen atoms in total. The first-order valence-electron chi connectivity index (χ1n) is 17.3. The van der Waals surface area contributed by atoms with E-state index in [9.17, 15) is 28.2 Å². The van der Waals surface area contributed by atoms with Crippen LogP contribution in [0, 0.1) is 11.8 Å². The van der Waals surface area contributed by atoms with Crippen molar-refractivity contribution in [3.63, 3.8) is 0 Å². The number of aromatic hydroxyl groups is 1. The Morgan fingerprint density at radius 1 is 0.942 bits per heavy atom. The molecule has 0 unspecified atom stereocenters. The molecular formula is C39H47N5O7S. The molecule has 0 radical (unpaired) electrons. The molecule has 0 aliphatic rings. The van der Waals surface area contributed by atoms with Crippen molar-refractivity contribution in [2.24, 2.45) is 11.8 Å². The molecule has 0 saturated heterocycles. The van der Waals surface area contributed by atoms with Crippen molar-refractivity contribution in [2.45, 2.75) is 63.7 Å². The monoisotopic (exact) mass is 729 g/mol. The molecule has 276 valence electrons. The third kappa shape index (κ3) is 8.72. The molecule has 0 spiro atoms. The van der Waals surface area contributed by atoms with Crippen LogP contribution < -0.4 is 15.7 Å². The topological polar surface area (TPSA) is 156 Å². The van der Waals surface area contributed by atoms with Crippen LogP contribution in [0.3, 0.4) is 0 Å². The van der Waals surface area contributed by atoms with Gasteiger partial charge in [-0.1, -0.05) is 76.2 Å². The van der Waals surface area contributed by atoms with Gasteiger partial charge in [-0.25, -0.2) is 13.2 Å². The van der Waals surface area contributed by atoms with E-state index < -0.39 is 45.7 Å². The van der Waals surface area contributed by atoms with E-state index in [1.807, 2.05) is 68.4 Å². The second-order valence-electron chi connectivity index (χ2n) is 13.7. The maximum Gasteiger partial charge on any atom is 0.332 e. The van der Waals surface area contributed by atoms with Crippen LogP contribution in [0.15, 0.2) is 107 Å². The number of nitrogens with one attached hydrogen (secondary N) is 1. The summed E-state index contributed by atoms with van der Waals surface area (Å²) in [5, 5.41) is 26.5. The highest BCUT2D eigenvalue weighted by atomic mass is 32.2. The first-order chi connectivity index (χ1) is 24.8. The first kappa shape index (κ1) is 38.3. The lowest BCUT2D eigenvalue weighted by atomic mass is 9.98. The van der Waals surface area contributed by atoms with Crippen molar-refractivity contribution in [3.8, 4) is 11.6 Å². The van der Waals surface area contributed by atoms with Gasteiger partial charge in [0.15, 0.2) is 0 Å². The van der Waals surface area contributed by atoms with Crippen LogP contribution in [0.4, 0.5) is 0 Å². The summed E-state index contributed by atoms with van der Waals surface area (Å²) < 4.78 is 36.6. The number of carbonyl (C=O) groups excluding carboxylic acids is 1. The largest absolute Gasteiger partial charge is 0.497 e. The van der Waals surface area contributed by atoms with Crippen molar-refractivity contribution < 1.29 is 28.2 Å². The van der Waals surface area contributed by atoms with Gasteiger partial charge in [-0.15, -0.1) is 0 Å². The lowest BCUT2D eigenvalue weighted by molar-refractivity contribution is -0.127. The summed E-state index contributed by atoms with van der Waals surface area (Å²) in [7, 11) is -2.55. The molecular weight excluding hydrogens is 683 g/mol. The molecule has 3 N–H and O–H groups in total. The van der Waals surface area contributed by atoms with Gasteiger partial charge in [0.2, 0.25) is 21.8 Å². The van der Waals surface area contributed by atoms with E-state index in [4.69, 9.17) is 4.74 Å². The van der Waals surface area contributed by atoms with E-state index in [0.717, 1.165) is 22.0 Å². The van der Waals surface area contributed by atoms with Gasteiger partial charge in [-0.05, 0) is 65.8 Å². The van der Waals surface area contributed by atoms with Crippen LogP contribution >= 0.6 is 0 Å². The van der Waals surface area contributed by atoms with E-state index in [0.29, 0.717) is 5.75 Å². The molecule has 0 aliphatic carbocycles. The number of nitrogens with zero attached hydrogens (tertiary/aromatic N) is 4. The fraction of sp³-hybridized carbons (Fsp3) is 0.359. The number of pyridine rings is 1. The number of aliphatic hydroxyl groups is 1. The molecule has 52 heavy (non-hydrogen) atoms. The third-order valence-electron chi connectivity index (χ3n) is 9.00. The molecule has 13 heteroatoms. The molecule has 2 heterocycles. The fourth-order valence-corrected chi connectivity index (χ4v) is 8.00. The van der Waals surface area contributed by atoms with Crippen molar-refractivity contribution >= 4 is 26.8 Å². The average molecular weight is 730 g/mol. The Morgan fingerprint density at radius 3 is 2.27 bits per heavy atom. The zero-order valence-electron chi connectivity index (χ0n) is 30.1. The number of fused-ring (bicyclic) bond motifs is 1. The molecule has 1 amide bonds. The SMILES string of the molecule is COc1ccc(S(=O)(=O)N(CC(C)C)C[C@@H](O)[C@H](Cc2ccccc2)NC(=O)[C@H](C(C)C)n2cc(O)n(Cc3ccnc4ccccc34)c2=O)cc1. The summed E-state index contributed by atoms with van der Waals surface area (Å²) in [6.45, 7) is 7.23. The standard InChI is InChI=1S/C39H47N5O7S/c1-26(2)22-42(52(49,50)31-17-15-30(51-5)16-18-31)24-35(45)34(21-28-11-7-6-8-12-28)41-38(47)37(27(3)4)44-25-36(46)43(39(44)48)23-29-19-20-40-33-14-10-9-13-32(29)33/h6-20,25-27,34-35,37,45-46H,21-24H2,1-5H3,(H,41,47)/t34-,35+,37-/m0/s1. The highest BCUT2D eigenvalue weighted by Crippen LogP contribution is 2.25. The summed E-state index contributed by atoms with van der Waals surface area (Å²) in [6, 6.07) is 22.6. The molecule has 5 rings (SSSR count). The molecule has 0 fully saturated rings. The highest BCUT2D eigenvalue weighted by Gasteiger charge is 2.34. The minimum Gasteiger partial charge on any atom is -0.497 e. The predicted octanol–water partition coefficient (Wildman–Crippen LogP) is 4.59. The Hall–Kier alpha value is -4.98. The number of hydrogen-bond donors (Lipinski definition) is 3. The number of para-hydroxylation sites is 1. The van der Waals surface area contributed by atoms with Crippen molar-refractivity contribution in [1.82, 2.24) is 23.7 Å². The van der Waals surface area contributed by atoms with Crippen LogP contribution in [-0.4, -0.2) is 75.3 Å². The Kier molecular flexibility index (Phi) is 12.2. The minimum atomic E-state index is -4.05. The van der Waals surface area contributed by atoms with E-state index in [-0.39, 0.29) is 42.7 Å². The first-order valence-corrected chi connectivity index (χ1v) is 18.7. The molecule has 3 atom stereocenters. The van der Waals surface area contributed by atoms with Gasteiger partial charge in [0, 0.05) is 24.7 Å². The lowest BCUT2D eigenvalue weighted by Gasteiger charge is -2.32. The Balaban J connectivity index is 1.44. The zero-order valence-corrected chi connectivity index (χ0v) is 30.9. The predicted molar refractivity (Wildman–Crippen MR) is 200 cm³/mol. The summed E-state index contributed by atoms with van der Waals surface area (Å²) in [4.78, 5) is 32.5. The maximum absolute atomic E-state index is 14.2. The number of methoxy groups -OCH3 is 1. The number of ether oxygens (including phenoxy) is 1. The van der Waals surface area contributed by atoms with Gasteiger partial charge >= 0.3 is 5.69 Å². The summed E-state index contributed by atoms with van der Waals surface area (Å²) in [5.74, 6) is -0.831. The van der Waals surface area contributed by atoms with Crippen molar-refractivity contribution in [2.75, 3.05) is 20.2 Å². The minimum absolute atomic E-state index is 0.0492. The quantitative estimate of drug-likeness (QED) is 0.133. The van der Waals surface area contributed by atoms with Gasteiger partial charge in [-0.2, -0.15) is 4.31 Å². The number of carbonyl (C=O) groups is 1. The number of hydrogen-bond acceptors (Lipinski definition) is 8. The number of aromatic nitrogens is 3. The van der Waals surface area contributed by atoms with E-state index in [2.05, 4.69) is 10.3 Å². The Labute approximate surface area is 304 Å². The van der Waals surface area contributed by atoms with Crippen LogP contribution in [0.25, 0.3) is 10.9 Å². The Morgan fingerprint density at radius 2 is 1.62 bits per heavy atom. The van der Waals surface area contributed by atoms with E-state index in [1.165, 1.54) is 38.9 Å². The smallest absolute Gasteiger partial charge is 0.332 e. The van der Waals surface area contributed by atoms with Gasteiger partial charge < -0.3 is 20.3 Å².